The van der Waals surface area contributed by atoms with E-state index in [1.807, 2.05) is 18.2 Å². The summed E-state index contributed by atoms with van der Waals surface area (Å²) >= 11 is 1.38. The summed E-state index contributed by atoms with van der Waals surface area (Å²) in [6.07, 6.45) is -1.03. The molecule has 0 fully saturated rings. The molecule has 0 radical (unpaired) electrons. The lowest BCUT2D eigenvalue weighted by molar-refractivity contribution is -0.118. The number of halogens is 4. The molecule has 1 aliphatic rings. The van der Waals surface area contributed by atoms with Gasteiger partial charge in [0.25, 0.3) is 11.6 Å². The average Bonchev–Trinajstić information content (AvgIpc) is 3.68. The second-order valence-electron chi connectivity index (χ2n) is 10.4. The van der Waals surface area contributed by atoms with E-state index >= 15 is 4.39 Å². The van der Waals surface area contributed by atoms with Gasteiger partial charge in [-0.05, 0) is 23.8 Å². The van der Waals surface area contributed by atoms with E-state index in [1.165, 1.54) is 41.7 Å². The van der Waals surface area contributed by atoms with Crippen LogP contribution in [0.15, 0.2) is 102 Å². The number of amides is 1. The summed E-state index contributed by atoms with van der Waals surface area (Å²) < 4.78 is 70.0. The van der Waals surface area contributed by atoms with Gasteiger partial charge in [0.1, 0.15) is 23.3 Å². The molecule has 6 rings (SSSR count). The van der Waals surface area contributed by atoms with E-state index in [1.54, 1.807) is 31.6 Å². The minimum atomic E-state index is -5.09. The Bertz CT molecular complexity index is 2000. The number of nitrogens with zero attached hydrogens (tertiary/aromatic N) is 4. The summed E-state index contributed by atoms with van der Waals surface area (Å²) in [5.74, 6) is -1.99. The van der Waals surface area contributed by atoms with Crippen molar-refractivity contribution in [2.24, 2.45) is 10.8 Å². The van der Waals surface area contributed by atoms with Crippen molar-refractivity contribution in [2.45, 2.75) is 12.7 Å². The van der Waals surface area contributed by atoms with Gasteiger partial charge < -0.3 is 20.5 Å². The van der Waals surface area contributed by atoms with Crippen molar-refractivity contribution < 1.29 is 31.8 Å². The molecule has 0 aliphatic carbocycles. The predicted octanol–water partition coefficient (Wildman–Crippen LogP) is 6.97. The highest BCUT2D eigenvalue weighted by atomic mass is 32.1. The fourth-order valence-electron chi connectivity index (χ4n) is 5.26. The molecule has 1 unspecified atom stereocenters. The molecule has 0 saturated heterocycles. The third-order valence-corrected chi connectivity index (χ3v) is 8.52. The maximum atomic E-state index is 16.0. The molecule has 0 spiro atoms. The molecule has 240 valence electrons. The van der Waals surface area contributed by atoms with Crippen molar-refractivity contribution in [3.8, 4) is 22.1 Å². The zero-order valence-electron chi connectivity index (χ0n) is 24.8. The number of pyridine rings is 2. The number of aromatic nitrogens is 2. The highest BCUT2D eigenvalue weighted by molar-refractivity contribution is 7.22. The van der Waals surface area contributed by atoms with E-state index < -0.39 is 39.5 Å². The lowest BCUT2D eigenvalue weighted by atomic mass is 10.1. The molecular weight excluding hydrogens is 636 g/mol. The first-order valence-corrected chi connectivity index (χ1v) is 15.1. The number of fused-ring (bicyclic) bond motifs is 1. The molecule has 1 aliphatic heterocycles. The second kappa shape index (κ2) is 13.0. The van der Waals surface area contributed by atoms with E-state index in [0.29, 0.717) is 29.1 Å². The van der Waals surface area contributed by atoms with E-state index in [9.17, 15) is 18.0 Å². The van der Waals surface area contributed by atoms with Gasteiger partial charge in [0, 0.05) is 62.9 Å². The third kappa shape index (κ3) is 6.23. The smallest absolute Gasteiger partial charge is 0.456 e. The van der Waals surface area contributed by atoms with Crippen LogP contribution in [0.5, 0.6) is 11.5 Å². The molecule has 0 bridgehead atoms. The Morgan fingerprint density at radius 2 is 1.85 bits per heavy atom. The largest absolute Gasteiger partial charge is 0.471 e. The zero-order chi connectivity index (χ0) is 33.2. The Hall–Kier alpha value is -5.02. The Kier molecular flexibility index (Phi) is 8.84. The van der Waals surface area contributed by atoms with Gasteiger partial charge >= 0.3 is 6.18 Å². The first kappa shape index (κ1) is 31.9. The highest BCUT2D eigenvalue weighted by Crippen LogP contribution is 2.51. The maximum absolute atomic E-state index is 16.0. The monoisotopic (exact) mass is 663 g/mol. The third-order valence-electron chi connectivity index (χ3n) is 7.36. The number of methoxy groups -OCH3 is 1. The number of hydrogen-bond donors (Lipinski definition) is 2. The quantitative estimate of drug-likeness (QED) is 0.0898. The summed E-state index contributed by atoms with van der Waals surface area (Å²) in [6.45, 7) is 1.98. The molecular formula is C33H27F4N6O3S+. The topological polar surface area (TPSA) is 112 Å². The van der Waals surface area contributed by atoms with Crippen LogP contribution in [0.25, 0.3) is 20.8 Å². The SMILES string of the molecule is COCCNCc1ccc(-c2cc3nccc(Oc4ccc([N+]5(c6ccccc6)N=CC(C(N)=O)=C5C(F)(F)F)c(F)c4)c3s2)nc1. The van der Waals surface area contributed by atoms with Gasteiger partial charge in [0.15, 0.2) is 11.5 Å². The molecule has 1 amide bonds. The number of quaternary nitrogens is 1. The number of thiophene rings is 1. The molecule has 4 heterocycles. The summed E-state index contributed by atoms with van der Waals surface area (Å²) in [4.78, 5) is 21.9. The van der Waals surface area contributed by atoms with Crippen LogP contribution in [-0.2, 0) is 16.1 Å². The van der Waals surface area contributed by atoms with Gasteiger partial charge in [0.2, 0.25) is 5.69 Å². The molecule has 2 aromatic carbocycles. The van der Waals surface area contributed by atoms with Crippen LogP contribution in [0.1, 0.15) is 5.56 Å². The highest BCUT2D eigenvalue weighted by Gasteiger charge is 2.60. The van der Waals surface area contributed by atoms with Crippen molar-refractivity contribution in [1.29, 1.82) is 0 Å². The van der Waals surface area contributed by atoms with Crippen molar-refractivity contribution in [1.82, 2.24) is 19.9 Å². The minimum Gasteiger partial charge on any atom is -0.456 e. The molecule has 3 N–H and O–H groups in total. The van der Waals surface area contributed by atoms with Gasteiger partial charge in [-0.2, -0.15) is 13.2 Å². The summed E-state index contributed by atoms with van der Waals surface area (Å²) in [5, 5.41) is 7.32. The van der Waals surface area contributed by atoms with E-state index in [-0.39, 0.29) is 11.4 Å². The molecule has 1 atom stereocenters. The standard InChI is InChI=1S/C33H26F4N6O3S/c1-45-14-13-39-17-20-7-9-25(41-18-20)29-16-26-30(47-29)28(11-12-40-26)46-22-8-10-27(24(34)15-22)43(21-5-3-2-4-6-21)31(33(35,36)37)23(19-42-43)32(38)44/h2-12,15-16,18-19,39H,13-14,17H2,1H3,(H-,38,44)/p+1. The van der Waals surface area contributed by atoms with Gasteiger partial charge in [-0.15, -0.1) is 11.3 Å². The lowest BCUT2D eigenvalue weighted by Crippen LogP contribution is -2.43. The predicted molar refractivity (Wildman–Crippen MR) is 172 cm³/mol. The van der Waals surface area contributed by atoms with Crippen LogP contribution in [0.2, 0.25) is 0 Å². The normalized spacial score (nSPS) is 16.3. The van der Waals surface area contributed by atoms with Crippen molar-refractivity contribution in [2.75, 3.05) is 20.3 Å². The van der Waals surface area contributed by atoms with E-state index in [0.717, 1.165) is 41.0 Å². The van der Waals surface area contributed by atoms with Gasteiger partial charge in [-0.25, -0.2) is 4.39 Å². The number of ether oxygens (including phenoxy) is 2. The maximum Gasteiger partial charge on any atom is 0.471 e. The number of nitrogens with one attached hydrogen (secondary N) is 1. The van der Waals surface area contributed by atoms with Gasteiger partial charge in [0.05, 0.1) is 27.4 Å². The number of nitrogens with two attached hydrogens (primary N) is 1. The summed E-state index contributed by atoms with van der Waals surface area (Å²) in [6, 6.07) is 18.1. The summed E-state index contributed by atoms with van der Waals surface area (Å²) in [5.41, 5.74) is 4.86. The Balaban J connectivity index is 1.32. The van der Waals surface area contributed by atoms with Crippen LogP contribution >= 0.6 is 11.3 Å². The van der Waals surface area contributed by atoms with Crippen molar-refractivity contribution in [3.63, 3.8) is 0 Å². The summed E-state index contributed by atoms with van der Waals surface area (Å²) in [7, 11) is 1.65. The molecule has 9 nitrogen and oxygen atoms in total. The molecule has 47 heavy (non-hydrogen) atoms. The van der Waals surface area contributed by atoms with E-state index in [4.69, 9.17) is 15.2 Å². The Morgan fingerprint density at radius 3 is 2.53 bits per heavy atom. The fraction of sp³-hybridized carbons (Fsp3) is 0.152. The van der Waals surface area contributed by atoms with Crippen molar-refractivity contribution in [3.05, 3.63) is 108 Å². The average molecular weight is 664 g/mol. The van der Waals surface area contributed by atoms with Crippen molar-refractivity contribution >= 4 is 45.0 Å². The number of benzene rings is 2. The molecule has 14 heteroatoms. The first-order chi connectivity index (χ1) is 22.6. The number of para-hydroxylation sites is 1. The first-order valence-electron chi connectivity index (χ1n) is 14.3. The fourth-order valence-corrected chi connectivity index (χ4v) is 6.30. The minimum absolute atomic E-state index is 0.0270. The number of carbonyl (C=O) groups excluding carboxylic acids is 1. The van der Waals surface area contributed by atoms with Crippen LogP contribution < -0.4 is 20.4 Å². The Morgan fingerprint density at radius 1 is 1.04 bits per heavy atom. The van der Waals surface area contributed by atoms with Crippen LogP contribution in [-0.4, -0.2) is 48.5 Å². The second-order valence-corrected chi connectivity index (χ2v) is 11.5. The van der Waals surface area contributed by atoms with E-state index in [2.05, 4.69) is 20.4 Å². The van der Waals surface area contributed by atoms with Gasteiger partial charge in [-0.1, -0.05) is 34.0 Å². The van der Waals surface area contributed by atoms with Crippen LogP contribution in [0, 0.1) is 5.82 Å². The number of primary amides is 1. The Labute approximate surface area is 270 Å². The molecule has 5 aromatic rings. The number of rotatable bonds is 11. The number of allylic oxidation sites excluding steroid dienone is 1. The van der Waals surface area contributed by atoms with Crippen LogP contribution in [0.3, 0.4) is 0 Å². The lowest BCUT2D eigenvalue weighted by Gasteiger charge is -2.31. The molecule has 0 saturated carbocycles. The number of alkyl halides is 3. The van der Waals surface area contributed by atoms with Crippen LogP contribution in [0.4, 0.5) is 28.9 Å². The number of hydrogen-bond acceptors (Lipinski definition) is 8. The van der Waals surface area contributed by atoms with Gasteiger partial charge in [-0.3, -0.25) is 14.8 Å². The molecule has 3 aromatic heterocycles. The zero-order valence-corrected chi connectivity index (χ0v) is 25.6. The number of carbonyl (C=O) groups is 1.